The number of H-pyrrole nitrogens is 1. The van der Waals surface area contributed by atoms with Crippen molar-refractivity contribution in [3.05, 3.63) is 43.4 Å². The Morgan fingerprint density at radius 1 is 1.39 bits per heavy atom. The molecule has 0 aromatic carbocycles. The molecule has 31 heavy (non-hydrogen) atoms. The Morgan fingerprint density at radius 3 is 2.65 bits per heavy atom. The van der Waals surface area contributed by atoms with Crippen molar-refractivity contribution in [1.29, 1.82) is 0 Å². The summed E-state index contributed by atoms with van der Waals surface area (Å²) in [6, 6.07) is 0. The maximum Gasteiger partial charge on any atom is 0.279 e. The molecule has 0 aliphatic carbocycles. The molecule has 4 rings (SSSR count). The Bertz CT molecular complexity index is 1220. The summed E-state index contributed by atoms with van der Waals surface area (Å²) in [5.74, 6) is -0.347. The van der Waals surface area contributed by atoms with Crippen molar-refractivity contribution in [3.8, 4) is 0 Å². The van der Waals surface area contributed by atoms with Crippen molar-refractivity contribution in [2.45, 2.75) is 52.6 Å². The lowest BCUT2D eigenvalue weighted by Gasteiger charge is -2.16. The van der Waals surface area contributed by atoms with Crippen molar-refractivity contribution < 1.29 is 14.7 Å². The van der Waals surface area contributed by atoms with Crippen molar-refractivity contribution in [2.24, 2.45) is 7.05 Å². The number of carbonyl (C=O) groups is 1. The van der Waals surface area contributed by atoms with Crippen molar-refractivity contribution >= 4 is 27.3 Å². The molecule has 166 valence electrons. The molecule has 0 bridgehead atoms. The summed E-state index contributed by atoms with van der Waals surface area (Å²) >= 11 is 1.42. The number of rotatable bonds is 4. The number of aliphatic hydroxyl groups is 1. The fraction of sp³-hybridized carbons (Fsp3) is 0.524. The van der Waals surface area contributed by atoms with E-state index in [4.69, 9.17) is 4.84 Å². The number of hydroxylamine groups is 2. The van der Waals surface area contributed by atoms with Crippen molar-refractivity contribution in [3.63, 3.8) is 0 Å². The van der Waals surface area contributed by atoms with Gasteiger partial charge in [-0.2, -0.15) is 10.2 Å². The van der Waals surface area contributed by atoms with Crippen LogP contribution in [0.4, 0.5) is 0 Å². The summed E-state index contributed by atoms with van der Waals surface area (Å²) < 4.78 is 2.02. The van der Waals surface area contributed by atoms with Crippen LogP contribution in [0.3, 0.4) is 0 Å². The monoisotopic (exact) mass is 445 g/mol. The van der Waals surface area contributed by atoms with Gasteiger partial charge in [0.2, 0.25) is 0 Å². The van der Waals surface area contributed by atoms with Crippen LogP contribution in [0.25, 0.3) is 10.1 Å². The summed E-state index contributed by atoms with van der Waals surface area (Å²) in [6.45, 7) is 9.54. The lowest BCUT2D eigenvalue weighted by atomic mass is 10.0. The molecule has 3 aromatic rings. The van der Waals surface area contributed by atoms with Gasteiger partial charge in [0.15, 0.2) is 0 Å². The van der Waals surface area contributed by atoms with Gasteiger partial charge in [0.1, 0.15) is 12.2 Å². The van der Waals surface area contributed by atoms with Gasteiger partial charge in [0, 0.05) is 29.6 Å². The number of amides is 1. The number of β-amino-alcohol motifs (C(OH)–C–C–N with tert-alkyl or cyclic N) is 1. The normalized spacial score (nSPS) is 19.2. The summed E-state index contributed by atoms with van der Waals surface area (Å²) in [5, 5.41) is 23.5. The lowest BCUT2D eigenvalue weighted by Crippen LogP contribution is -2.35. The van der Waals surface area contributed by atoms with E-state index in [9.17, 15) is 14.7 Å². The first kappa shape index (κ1) is 21.7. The number of nitrogens with one attached hydrogen (secondary N) is 1. The molecular formula is C21H27N5O4S. The van der Waals surface area contributed by atoms with E-state index in [2.05, 4.69) is 15.3 Å². The predicted molar refractivity (Wildman–Crippen MR) is 117 cm³/mol. The Kier molecular flexibility index (Phi) is 5.27. The summed E-state index contributed by atoms with van der Waals surface area (Å²) in [5.41, 5.74) is 2.41. The highest BCUT2D eigenvalue weighted by molar-refractivity contribution is 7.19. The maximum absolute atomic E-state index is 13.6. The molecule has 3 aromatic heterocycles. The third-order valence-electron chi connectivity index (χ3n) is 5.60. The number of hydrogen-bond donors (Lipinski definition) is 2. The van der Waals surface area contributed by atoms with Crippen LogP contribution in [0.1, 0.15) is 64.6 Å². The molecular weight excluding hydrogens is 418 g/mol. The third kappa shape index (κ3) is 3.68. The smallest absolute Gasteiger partial charge is 0.279 e. The molecule has 2 N–H and O–H groups in total. The molecule has 0 spiro atoms. The highest BCUT2D eigenvalue weighted by Crippen LogP contribution is 2.37. The average Bonchev–Trinajstić information content (AvgIpc) is 3.35. The summed E-state index contributed by atoms with van der Waals surface area (Å²) in [7, 11) is 1.60. The number of aromatic nitrogens is 4. The van der Waals surface area contributed by atoms with Crippen LogP contribution in [0.2, 0.25) is 0 Å². The van der Waals surface area contributed by atoms with Crippen LogP contribution in [-0.2, 0) is 18.3 Å². The number of nitrogens with zero attached hydrogens (tertiary/aromatic N) is 4. The molecule has 0 saturated carbocycles. The van der Waals surface area contributed by atoms with Gasteiger partial charge in [0.05, 0.1) is 33.6 Å². The largest absolute Gasteiger partial charge is 0.386 e. The quantitative estimate of drug-likeness (QED) is 0.636. The second-order valence-corrected chi connectivity index (χ2v) is 9.88. The fourth-order valence-electron chi connectivity index (χ4n) is 3.87. The fourth-order valence-corrected chi connectivity index (χ4v) is 5.30. The number of aromatic amines is 1. The number of aryl methyl sites for hydroxylation is 3. The Balaban J connectivity index is 1.96. The maximum atomic E-state index is 13.6. The minimum atomic E-state index is -1.13. The van der Waals surface area contributed by atoms with Gasteiger partial charge in [-0.05, 0) is 26.7 Å². The molecule has 1 aliphatic heterocycles. The molecule has 0 unspecified atom stereocenters. The summed E-state index contributed by atoms with van der Waals surface area (Å²) in [6.07, 6.45) is 0.458. The van der Waals surface area contributed by atoms with Gasteiger partial charge < -0.3 is 5.11 Å². The zero-order valence-electron chi connectivity index (χ0n) is 18.6. The first-order valence-corrected chi connectivity index (χ1v) is 11.0. The number of carbonyl (C=O) groups excluding carboxylic acids is 1. The Hall–Kier alpha value is -2.56. The van der Waals surface area contributed by atoms with Crippen molar-refractivity contribution in [1.82, 2.24) is 25.0 Å². The van der Waals surface area contributed by atoms with E-state index in [1.165, 1.54) is 16.0 Å². The molecule has 1 atom stereocenters. The first-order chi connectivity index (χ1) is 14.5. The zero-order chi connectivity index (χ0) is 22.7. The van der Waals surface area contributed by atoms with E-state index in [-0.39, 0.29) is 24.6 Å². The van der Waals surface area contributed by atoms with E-state index in [1.54, 1.807) is 14.0 Å². The summed E-state index contributed by atoms with van der Waals surface area (Å²) in [4.78, 5) is 33.0. The molecule has 1 saturated heterocycles. The minimum absolute atomic E-state index is 0.0207. The van der Waals surface area contributed by atoms with Crippen LogP contribution in [0, 0.1) is 13.8 Å². The lowest BCUT2D eigenvalue weighted by molar-refractivity contribution is -0.0796. The second-order valence-electron chi connectivity index (χ2n) is 8.77. The van der Waals surface area contributed by atoms with E-state index >= 15 is 0 Å². The van der Waals surface area contributed by atoms with E-state index < -0.39 is 11.5 Å². The number of thiophene rings is 1. The van der Waals surface area contributed by atoms with Gasteiger partial charge in [-0.3, -0.25) is 19.5 Å². The van der Waals surface area contributed by atoms with Crippen LogP contribution in [0.15, 0.2) is 4.79 Å². The van der Waals surface area contributed by atoms with Gasteiger partial charge in [-0.25, -0.2) is 9.75 Å². The minimum Gasteiger partial charge on any atom is -0.386 e. The molecule has 0 radical (unpaired) electrons. The van der Waals surface area contributed by atoms with E-state index in [0.29, 0.717) is 17.4 Å². The van der Waals surface area contributed by atoms with E-state index in [1.807, 2.05) is 27.7 Å². The third-order valence-corrected chi connectivity index (χ3v) is 6.81. The zero-order valence-corrected chi connectivity index (χ0v) is 19.4. The first-order valence-electron chi connectivity index (χ1n) is 10.2. The standard InChI is InChI=1S/C21H27N5O4S/c1-10(2)17-18-16(19(27)25(6)24-17)15(20(28)26-8-21(5,29)9-30-26)14(31-18)7-13-11(3)22-23-12(13)4/h10,29H,7-9H2,1-6H3,(H,22,23)/t21-/m0/s1. The molecule has 9 nitrogen and oxygen atoms in total. The van der Waals surface area contributed by atoms with Crippen molar-refractivity contribution in [2.75, 3.05) is 13.2 Å². The topological polar surface area (TPSA) is 113 Å². The van der Waals surface area contributed by atoms with Gasteiger partial charge >= 0.3 is 0 Å². The van der Waals surface area contributed by atoms with Gasteiger partial charge in [-0.1, -0.05) is 13.8 Å². The van der Waals surface area contributed by atoms with E-state index in [0.717, 1.165) is 37.3 Å². The molecule has 1 fully saturated rings. The molecule has 10 heteroatoms. The SMILES string of the molecule is Cc1n[nH]c(C)c1Cc1sc2c(C(C)C)nn(C)c(=O)c2c1C(=O)N1C[C@](C)(O)CO1. The molecule has 1 aliphatic rings. The van der Waals surface area contributed by atoms with Crippen LogP contribution in [-0.4, -0.2) is 54.8 Å². The number of hydrogen-bond acceptors (Lipinski definition) is 7. The van der Waals surface area contributed by atoms with Gasteiger partial charge in [-0.15, -0.1) is 11.3 Å². The van der Waals surface area contributed by atoms with Gasteiger partial charge in [0.25, 0.3) is 11.5 Å². The highest BCUT2D eigenvalue weighted by atomic mass is 32.1. The highest BCUT2D eigenvalue weighted by Gasteiger charge is 2.38. The Labute approximate surface area is 183 Å². The number of fused-ring (bicyclic) bond motifs is 1. The Morgan fingerprint density at radius 2 is 2.10 bits per heavy atom. The molecule has 4 heterocycles. The van der Waals surface area contributed by atoms with Crippen LogP contribution < -0.4 is 5.56 Å². The molecule has 1 amide bonds. The van der Waals surface area contributed by atoms with Crippen LogP contribution >= 0.6 is 11.3 Å². The average molecular weight is 446 g/mol. The van der Waals surface area contributed by atoms with Crippen LogP contribution in [0.5, 0.6) is 0 Å². The second kappa shape index (κ2) is 7.54. The predicted octanol–water partition coefficient (Wildman–Crippen LogP) is 2.19.